The molecule has 4 rings (SSSR count). The molecule has 0 heterocycles. The number of hydrogen-bond donors (Lipinski definition) is 4. The van der Waals surface area contributed by atoms with Crippen LogP contribution in [0.15, 0.2) is 70.6 Å². The minimum absolute atomic E-state index is 0. The minimum Gasteiger partial charge on any atom is -0.545 e. The fourth-order valence-electron chi connectivity index (χ4n) is 9.25. The number of aromatic carboxylic acids is 2. The number of rotatable bonds is 35. The zero-order chi connectivity index (χ0) is 56.1. The normalized spacial score (nSPS) is 11.3. The molecule has 11 heteroatoms. The Bertz CT molecular complexity index is 2280. The van der Waals surface area contributed by atoms with Crippen LogP contribution in [0.4, 0.5) is 11.4 Å². The topological polar surface area (TPSA) is 186 Å². The van der Waals surface area contributed by atoms with Crippen molar-refractivity contribution in [2.45, 2.75) is 248 Å². The van der Waals surface area contributed by atoms with Crippen LogP contribution in [0.1, 0.15) is 264 Å². The van der Waals surface area contributed by atoms with Crippen molar-refractivity contribution in [3.8, 4) is 23.0 Å². The van der Waals surface area contributed by atoms with E-state index in [1.54, 1.807) is 0 Å². The van der Waals surface area contributed by atoms with E-state index in [0.29, 0.717) is 24.0 Å². The molecule has 4 aromatic carbocycles. The number of carbonyl (C=O) groups is 2. The summed E-state index contributed by atoms with van der Waals surface area (Å²) in [7, 11) is 0. The van der Waals surface area contributed by atoms with Gasteiger partial charge in [-0.2, -0.15) is 0 Å². The smallest absolute Gasteiger partial charge is 0.545 e. The molecule has 0 atom stereocenters. The van der Waals surface area contributed by atoms with Gasteiger partial charge in [0.15, 0.2) is 23.0 Å². The maximum Gasteiger partial charge on any atom is 2.00 e. The summed E-state index contributed by atoms with van der Waals surface area (Å²) in [5.41, 5.74) is 11.2. The Morgan fingerprint density at radius 3 is 0.987 bits per heavy atom. The molecular weight excluding hydrogens is 1010 g/mol. The predicted octanol–water partition coefficient (Wildman–Crippen LogP) is 16.2. The third kappa shape index (κ3) is 26.4. The Hall–Kier alpha value is -5.15. The Labute approximate surface area is 475 Å². The number of nitrogens with zero attached hydrogens (tertiary/aromatic N) is 2. The molecule has 0 fully saturated rings. The molecule has 10 nitrogen and oxygen atoms in total. The fourth-order valence-corrected chi connectivity index (χ4v) is 9.25. The van der Waals surface area contributed by atoms with Crippen LogP contribution in [-0.4, -0.2) is 43.8 Å². The van der Waals surface area contributed by atoms with Gasteiger partial charge >= 0.3 is 16.5 Å². The summed E-state index contributed by atoms with van der Waals surface area (Å²) in [6, 6.07) is 19.7. The number of hydrogen-bond acceptors (Lipinski definition) is 10. The molecule has 0 aliphatic heterocycles. The quantitative estimate of drug-likeness (QED) is 0.0152. The van der Waals surface area contributed by atoms with Crippen molar-refractivity contribution in [2.24, 2.45) is 9.98 Å². The number of unbranched alkanes of at least 4 members (excludes halogenated alkanes) is 14. The predicted molar refractivity (Wildman–Crippen MR) is 314 cm³/mol. The molecule has 0 aromatic heterocycles. The Balaban J connectivity index is 0.000000770. The van der Waals surface area contributed by atoms with Gasteiger partial charge < -0.3 is 40.2 Å². The Morgan fingerprint density at radius 1 is 0.364 bits per heavy atom. The second-order valence-corrected chi connectivity index (χ2v) is 20.5. The number of phenols is 4. The molecule has 0 bridgehead atoms. The molecular formula is C66H98N2NiO8. The summed E-state index contributed by atoms with van der Waals surface area (Å²) in [6.45, 7) is 17.8. The van der Waals surface area contributed by atoms with Gasteiger partial charge in [-0.25, -0.2) is 0 Å². The average Bonchev–Trinajstić information content (AvgIpc) is 3.41. The van der Waals surface area contributed by atoms with Gasteiger partial charge in [-0.3, -0.25) is 9.98 Å². The van der Waals surface area contributed by atoms with Gasteiger partial charge in [0, 0.05) is 11.1 Å². The molecule has 0 aliphatic rings. The van der Waals surface area contributed by atoms with Crippen LogP contribution < -0.4 is 10.2 Å². The number of phenolic OH excluding ortho intramolecular Hbond substituents is 2. The van der Waals surface area contributed by atoms with Crippen LogP contribution in [0, 0.1) is 0 Å². The number of carbonyl (C=O) groups excluding carboxylic acids is 2. The third-order valence-electron chi connectivity index (χ3n) is 14.0. The van der Waals surface area contributed by atoms with Crippen molar-refractivity contribution >= 4 is 34.7 Å². The summed E-state index contributed by atoms with van der Waals surface area (Å²) in [6.07, 6.45) is 34.3. The number of benzene rings is 4. The molecule has 77 heavy (non-hydrogen) atoms. The standard InChI is InChI=1S/C44H72N2.2C11H14O4.Ni/c1-7-13-19-20-21-22-23-24-30-44(46-42-34-32-38(26-15-9-3)40(36-42)28-17-11-5)43(29-18-12-6)45-41-33-31-37(25-14-8-2)39(35-41)27-16-10-4;2*1-2-3-4-7-5-6-8(12)10(13)9(7)11(14)15;/h31-36H,7-30H2,1-6H3;2*5-6,12-13H,2-4H2,1H3,(H,14,15);/q;;;+2/p-2. The summed E-state index contributed by atoms with van der Waals surface area (Å²) in [5.74, 6) is -5.01. The molecule has 0 spiro atoms. The average molecular weight is 1110 g/mol. The van der Waals surface area contributed by atoms with Crippen molar-refractivity contribution in [3.05, 3.63) is 105 Å². The van der Waals surface area contributed by atoms with E-state index in [1.165, 1.54) is 180 Å². The van der Waals surface area contributed by atoms with E-state index < -0.39 is 34.9 Å². The van der Waals surface area contributed by atoms with E-state index in [-0.39, 0.29) is 27.6 Å². The Kier molecular flexibility index (Phi) is 38.0. The first-order valence-corrected chi connectivity index (χ1v) is 29.6. The van der Waals surface area contributed by atoms with E-state index in [9.17, 15) is 30.0 Å². The van der Waals surface area contributed by atoms with E-state index in [2.05, 4.69) is 77.9 Å². The fraction of sp³-hybridized carbons (Fsp3) is 0.576. The third-order valence-corrected chi connectivity index (χ3v) is 14.0. The zero-order valence-electron chi connectivity index (χ0n) is 48.6. The van der Waals surface area contributed by atoms with Crippen molar-refractivity contribution in [2.75, 3.05) is 0 Å². The van der Waals surface area contributed by atoms with Crippen LogP contribution in [0.25, 0.3) is 0 Å². The number of aryl methyl sites for hydroxylation is 6. The number of carboxylic acids is 2. The SMILES string of the molecule is CCCCCCCCCCC(=Nc1ccc(CCCC)c(CCCC)c1)C(CCCC)=Nc1ccc(CCCC)c(CCCC)c1.CCCCc1ccc(O)c(O)c1C(=O)[O-].CCCCc1ccc(O)c(O)c1C(=O)[O-].[Ni+2]. The first kappa shape index (κ1) is 69.9. The molecule has 430 valence electrons. The van der Waals surface area contributed by atoms with Crippen LogP contribution >= 0.6 is 0 Å². The van der Waals surface area contributed by atoms with Gasteiger partial charge in [-0.1, -0.05) is 170 Å². The Morgan fingerprint density at radius 2 is 0.649 bits per heavy atom. The van der Waals surface area contributed by atoms with Gasteiger partial charge in [0.25, 0.3) is 0 Å². The largest absolute Gasteiger partial charge is 2.00 e. The second kappa shape index (κ2) is 41.9. The van der Waals surface area contributed by atoms with Crippen LogP contribution in [0.5, 0.6) is 23.0 Å². The van der Waals surface area contributed by atoms with E-state index in [1.807, 2.05) is 13.8 Å². The van der Waals surface area contributed by atoms with E-state index in [0.717, 1.165) is 69.2 Å². The molecule has 0 saturated carbocycles. The maximum absolute atomic E-state index is 10.8. The van der Waals surface area contributed by atoms with Crippen molar-refractivity contribution in [1.29, 1.82) is 0 Å². The van der Waals surface area contributed by atoms with Gasteiger partial charge in [0.2, 0.25) is 0 Å². The first-order valence-electron chi connectivity index (χ1n) is 29.6. The number of aliphatic imine (C=N–C) groups is 2. The monoisotopic (exact) mass is 1100 g/mol. The van der Waals surface area contributed by atoms with Crippen molar-refractivity contribution in [1.82, 2.24) is 0 Å². The summed E-state index contributed by atoms with van der Waals surface area (Å²) >= 11 is 0. The second-order valence-electron chi connectivity index (χ2n) is 20.5. The summed E-state index contributed by atoms with van der Waals surface area (Å²) < 4.78 is 0. The van der Waals surface area contributed by atoms with Crippen molar-refractivity contribution in [3.63, 3.8) is 0 Å². The maximum atomic E-state index is 10.8. The number of carboxylic acid groups (broad SMARTS) is 2. The van der Waals surface area contributed by atoms with Crippen LogP contribution in [0.2, 0.25) is 0 Å². The summed E-state index contributed by atoms with van der Waals surface area (Å²) in [4.78, 5) is 32.5. The van der Waals surface area contributed by atoms with Crippen LogP contribution in [-0.2, 0) is 55.0 Å². The first-order chi connectivity index (χ1) is 36.7. The van der Waals surface area contributed by atoms with Crippen LogP contribution in [0.3, 0.4) is 0 Å². The van der Waals surface area contributed by atoms with Gasteiger partial charge in [0.1, 0.15) is 0 Å². The molecule has 0 saturated heterocycles. The van der Waals surface area contributed by atoms with Gasteiger partial charge in [-0.05, 0) is 173 Å². The number of aromatic hydroxyl groups is 4. The zero-order valence-corrected chi connectivity index (χ0v) is 49.6. The van der Waals surface area contributed by atoms with Gasteiger partial charge in [0.05, 0.1) is 34.7 Å². The molecule has 0 aliphatic carbocycles. The van der Waals surface area contributed by atoms with E-state index in [4.69, 9.17) is 20.2 Å². The molecule has 4 aromatic rings. The van der Waals surface area contributed by atoms with E-state index >= 15 is 0 Å². The summed E-state index contributed by atoms with van der Waals surface area (Å²) in [5, 5.41) is 58.6. The van der Waals surface area contributed by atoms with Crippen molar-refractivity contribution < 1.29 is 56.7 Å². The molecule has 4 N–H and O–H groups in total. The molecule has 0 unspecified atom stereocenters. The molecule has 0 radical (unpaired) electrons. The van der Waals surface area contributed by atoms with Gasteiger partial charge in [-0.15, -0.1) is 0 Å². The molecule has 0 amide bonds. The minimum atomic E-state index is -1.46.